The summed E-state index contributed by atoms with van der Waals surface area (Å²) in [6, 6.07) is 11.2. The molecule has 1 aromatic rings. The van der Waals surface area contributed by atoms with Crippen molar-refractivity contribution in [1.82, 2.24) is 10.6 Å². The summed E-state index contributed by atoms with van der Waals surface area (Å²) in [5, 5.41) is 6.78. The van der Waals surface area contributed by atoms with Gasteiger partial charge in [-0.25, -0.2) is 0 Å². The topological polar surface area (TPSA) is 36.4 Å². The summed E-state index contributed by atoms with van der Waals surface area (Å²) in [5.74, 6) is 0.934. The zero-order chi connectivity index (χ0) is 11.4. The zero-order valence-electron chi connectivity index (χ0n) is 9.90. The lowest BCUT2D eigenvalue weighted by Crippen LogP contribution is -2.40. The minimum Gasteiger partial charge on any atom is -0.354 e. The Morgan fingerprint density at radius 3 is 2.88 bits per heavy atom. The van der Waals surface area contributed by atoms with E-state index < -0.39 is 0 Å². The second-order valence-corrected chi connectivity index (χ2v) is 4.25. The van der Waals surface area contributed by atoms with Crippen LogP contribution in [0.1, 0.15) is 31.9 Å². The maximum Gasteiger partial charge on any atom is 0.192 e. The van der Waals surface area contributed by atoms with Crippen molar-refractivity contribution in [2.75, 3.05) is 6.54 Å². The molecule has 0 radical (unpaired) electrons. The van der Waals surface area contributed by atoms with Gasteiger partial charge in [-0.1, -0.05) is 37.3 Å². The van der Waals surface area contributed by atoms with E-state index in [1.165, 1.54) is 5.56 Å². The van der Waals surface area contributed by atoms with Crippen LogP contribution in [0.5, 0.6) is 0 Å². The van der Waals surface area contributed by atoms with Crippen LogP contribution in [0.4, 0.5) is 0 Å². The highest BCUT2D eigenvalue weighted by Gasteiger charge is 2.19. The van der Waals surface area contributed by atoms with Crippen molar-refractivity contribution >= 4 is 5.96 Å². The normalized spacial score (nSPS) is 21.1. The van der Waals surface area contributed by atoms with Crippen molar-refractivity contribution in [2.45, 2.75) is 32.4 Å². The molecule has 1 aliphatic rings. The Bertz CT molecular complexity index is 359. The highest BCUT2D eigenvalue weighted by atomic mass is 15.2. The monoisotopic (exact) mass is 217 g/mol. The summed E-state index contributed by atoms with van der Waals surface area (Å²) in [6.45, 7) is 5.16. The predicted octanol–water partition coefficient (Wildman–Crippen LogP) is 2.08. The molecule has 0 aliphatic carbocycles. The molecule has 0 saturated carbocycles. The molecule has 0 spiro atoms. The molecule has 16 heavy (non-hydrogen) atoms. The van der Waals surface area contributed by atoms with E-state index in [4.69, 9.17) is 0 Å². The SMILES string of the molecule is CCC(C)NC1=NCC(c2ccccc2)N1. The Kier molecular flexibility index (Phi) is 3.44. The summed E-state index contributed by atoms with van der Waals surface area (Å²) in [4.78, 5) is 4.48. The van der Waals surface area contributed by atoms with Crippen LogP contribution in [0, 0.1) is 0 Å². The first-order valence-corrected chi connectivity index (χ1v) is 5.92. The molecule has 2 rings (SSSR count). The van der Waals surface area contributed by atoms with E-state index in [1.54, 1.807) is 0 Å². The minimum absolute atomic E-state index is 0.327. The molecule has 1 aliphatic heterocycles. The van der Waals surface area contributed by atoms with Crippen LogP contribution >= 0.6 is 0 Å². The third-order valence-corrected chi connectivity index (χ3v) is 2.94. The number of rotatable bonds is 3. The van der Waals surface area contributed by atoms with Crippen LogP contribution < -0.4 is 10.6 Å². The lowest BCUT2D eigenvalue weighted by atomic mass is 10.1. The molecule has 2 unspecified atom stereocenters. The number of aliphatic imine (C=N–C) groups is 1. The Morgan fingerprint density at radius 1 is 1.44 bits per heavy atom. The van der Waals surface area contributed by atoms with Crippen molar-refractivity contribution < 1.29 is 0 Å². The van der Waals surface area contributed by atoms with E-state index in [9.17, 15) is 0 Å². The maximum atomic E-state index is 4.48. The van der Waals surface area contributed by atoms with Gasteiger partial charge in [-0.3, -0.25) is 4.99 Å². The second-order valence-electron chi connectivity index (χ2n) is 4.25. The largest absolute Gasteiger partial charge is 0.354 e. The van der Waals surface area contributed by atoms with Crippen molar-refractivity contribution in [1.29, 1.82) is 0 Å². The molecule has 1 aromatic carbocycles. The second kappa shape index (κ2) is 5.01. The van der Waals surface area contributed by atoms with E-state index in [-0.39, 0.29) is 0 Å². The average molecular weight is 217 g/mol. The molecule has 0 bridgehead atoms. The van der Waals surface area contributed by atoms with Gasteiger partial charge in [0.15, 0.2) is 5.96 Å². The molecule has 0 saturated heterocycles. The Hall–Kier alpha value is -1.51. The highest BCUT2D eigenvalue weighted by molar-refractivity contribution is 5.82. The summed E-state index contributed by atoms with van der Waals surface area (Å²) in [5.41, 5.74) is 1.30. The van der Waals surface area contributed by atoms with Gasteiger partial charge in [-0.2, -0.15) is 0 Å². The summed E-state index contributed by atoms with van der Waals surface area (Å²) in [7, 11) is 0. The van der Waals surface area contributed by atoms with Gasteiger partial charge in [0, 0.05) is 6.04 Å². The first-order valence-electron chi connectivity index (χ1n) is 5.92. The number of guanidine groups is 1. The van der Waals surface area contributed by atoms with Gasteiger partial charge in [0.25, 0.3) is 0 Å². The molecule has 86 valence electrons. The third-order valence-electron chi connectivity index (χ3n) is 2.94. The zero-order valence-corrected chi connectivity index (χ0v) is 9.90. The summed E-state index contributed by atoms with van der Waals surface area (Å²) < 4.78 is 0. The molecule has 3 heteroatoms. The molecule has 2 N–H and O–H groups in total. The van der Waals surface area contributed by atoms with Crippen LogP contribution in [0.3, 0.4) is 0 Å². The van der Waals surface area contributed by atoms with Crippen LogP contribution in [0.2, 0.25) is 0 Å². The third kappa shape index (κ3) is 2.54. The Labute approximate surface area is 97.0 Å². The lowest BCUT2D eigenvalue weighted by molar-refractivity contribution is 0.621. The number of benzene rings is 1. The Morgan fingerprint density at radius 2 is 2.19 bits per heavy atom. The first kappa shape index (κ1) is 11.0. The standard InChI is InChI=1S/C13H19N3/c1-3-10(2)15-13-14-9-12(16-13)11-7-5-4-6-8-11/h4-8,10,12H,3,9H2,1-2H3,(H2,14,15,16). The number of hydrogen-bond acceptors (Lipinski definition) is 3. The summed E-state index contributed by atoms with van der Waals surface area (Å²) in [6.07, 6.45) is 1.11. The maximum absolute atomic E-state index is 4.48. The van der Waals surface area contributed by atoms with Gasteiger partial charge in [0.1, 0.15) is 0 Å². The van der Waals surface area contributed by atoms with Gasteiger partial charge in [-0.15, -0.1) is 0 Å². The quantitative estimate of drug-likeness (QED) is 0.813. The van der Waals surface area contributed by atoms with Crippen molar-refractivity contribution in [3.05, 3.63) is 35.9 Å². The van der Waals surface area contributed by atoms with E-state index >= 15 is 0 Å². The van der Waals surface area contributed by atoms with Gasteiger partial charge < -0.3 is 10.6 Å². The molecule has 2 atom stereocenters. The fourth-order valence-electron chi connectivity index (χ4n) is 1.74. The fourth-order valence-corrected chi connectivity index (χ4v) is 1.74. The van der Waals surface area contributed by atoms with Crippen LogP contribution in [0.15, 0.2) is 35.3 Å². The van der Waals surface area contributed by atoms with E-state index in [0.29, 0.717) is 12.1 Å². The lowest BCUT2D eigenvalue weighted by Gasteiger charge is -2.16. The van der Waals surface area contributed by atoms with Gasteiger partial charge in [0.2, 0.25) is 0 Å². The molecule has 1 heterocycles. The van der Waals surface area contributed by atoms with Gasteiger partial charge in [0.05, 0.1) is 12.6 Å². The summed E-state index contributed by atoms with van der Waals surface area (Å²) >= 11 is 0. The Balaban J connectivity index is 1.92. The first-order chi connectivity index (χ1) is 7.79. The van der Waals surface area contributed by atoms with Crippen molar-refractivity contribution in [2.24, 2.45) is 4.99 Å². The van der Waals surface area contributed by atoms with Crippen LogP contribution in [-0.4, -0.2) is 18.5 Å². The van der Waals surface area contributed by atoms with Gasteiger partial charge in [-0.05, 0) is 18.9 Å². The number of nitrogens with zero attached hydrogens (tertiary/aromatic N) is 1. The minimum atomic E-state index is 0.327. The molecule has 0 fully saturated rings. The predicted molar refractivity (Wildman–Crippen MR) is 67.5 cm³/mol. The number of nitrogens with one attached hydrogen (secondary N) is 2. The van der Waals surface area contributed by atoms with Crippen molar-refractivity contribution in [3.8, 4) is 0 Å². The molecular formula is C13H19N3. The van der Waals surface area contributed by atoms with E-state index in [0.717, 1.165) is 18.9 Å². The molecule has 3 nitrogen and oxygen atoms in total. The highest BCUT2D eigenvalue weighted by Crippen LogP contribution is 2.16. The average Bonchev–Trinajstić information content (AvgIpc) is 2.78. The molecule has 0 amide bonds. The molecule has 0 aromatic heterocycles. The number of hydrogen-bond donors (Lipinski definition) is 2. The van der Waals surface area contributed by atoms with Crippen LogP contribution in [0.25, 0.3) is 0 Å². The fraction of sp³-hybridized carbons (Fsp3) is 0.462. The smallest absolute Gasteiger partial charge is 0.192 e. The van der Waals surface area contributed by atoms with Crippen LogP contribution in [-0.2, 0) is 0 Å². The van der Waals surface area contributed by atoms with E-state index in [2.05, 4.69) is 53.7 Å². The molecular weight excluding hydrogens is 198 g/mol. The van der Waals surface area contributed by atoms with Gasteiger partial charge >= 0.3 is 0 Å². The van der Waals surface area contributed by atoms with Crippen molar-refractivity contribution in [3.63, 3.8) is 0 Å². The van der Waals surface area contributed by atoms with E-state index in [1.807, 2.05) is 6.07 Å².